The van der Waals surface area contributed by atoms with Gasteiger partial charge < -0.3 is 18.9 Å². The molecule has 4 aromatic carbocycles. The zero-order chi connectivity index (χ0) is 31.1. The molecule has 0 aliphatic carbocycles. The molecule has 0 radical (unpaired) electrons. The first kappa shape index (κ1) is 29.8. The van der Waals surface area contributed by atoms with Gasteiger partial charge in [-0.15, -0.1) is 0 Å². The Morgan fingerprint density at radius 1 is 0.659 bits per heavy atom. The Kier molecular flexibility index (Phi) is 9.19. The van der Waals surface area contributed by atoms with Crippen LogP contribution < -0.4 is 9.47 Å². The molecule has 0 N–H and O–H groups in total. The van der Waals surface area contributed by atoms with Crippen molar-refractivity contribution >= 4 is 33.7 Å². The third-order valence-corrected chi connectivity index (χ3v) is 7.09. The standard InChI is InChI=1S/2C17H16N2O3/c1-21-13-8-6-12(7-9-13)11-19-16-5-3-4-14(17(20)22-2)15(16)10-18-19;1-21-13-8-6-12(7-9-13)10-19-11-15-14(17(20)22-2)4-3-5-16(15)18-19/h3-10H,11H2,1-2H3;3-9,11H,10H2,1-2H3. The molecule has 0 saturated carbocycles. The van der Waals surface area contributed by atoms with Crippen molar-refractivity contribution < 1.29 is 28.5 Å². The van der Waals surface area contributed by atoms with Crippen molar-refractivity contribution in [1.82, 2.24) is 19.6 Å². The summed E-state index contributed by atoms with van der Waals surface area (Å²) in [7, 11) is 6.04. The summed E-state index contributed by atoms with van der Waals surface area (Å²) in [4.78, 5) is 23.6. The van der Waals surface area contributed by atoms with E-state index in [9.17, 15) is 9.59 Å². The predicted octanol–water partition coefficient (Wildman–Crippen LogP) is 5.76. The fraction of sp³-hybridized carbons (Fsp3) is 0.176. The Morgan fingerprint density at radius 3 is 1.77 bits per heavy atom. The minimum atomic E-state index is -0.352. The number of esters is 2. The molecule has 0 unspecified atom stereocenters. The van der Waals surface area contributed by atoms with Gasteiger partial charge in [0.25, 0.3) is 0 Å². The Hall–Kier alpha value is -5.64. The quantitative estimate of drug-likeness (QED) is 0.206. The van der Waals surface area contributed by atoms with Crippen molar-refractivity contribution in [2.75, 3.05) is 28.4 Å². The van der Waals surface area contributed by atoms with Gasteiger partial charge in [0.2, 0.25) is 0 Å². The van der Waals surface area contributed by atoms with Crippen molar-refractivity contribution in [1.29, 1.82) is 0 Å². The van der Waals surface area contributed by atoms with Crippen LogP contribution in [0.25, 0.3) is 21.8 Å². The van der Waals surface area contributed by atoms with E-state index >= 15 is 0 Å². The van der Waals surface area contributed by atoms with Gasteiger partial charge in [-0.1, -0.05) is 36.4 Å². The van der Waals surface area contributed by atoms with E-state index in [0.717, 1.165) is 44.4 Å². The third kappa shape index (κ3) is 6.54. The van der Waals surface area contributed by atoms with Crippen LogP contribution in [0.2, 0.25) is 0 Å². The highest BCUT2D eigenvalue weighted by atomic mass is 16.5. The van der Waals surface area contributed by atoms with Gasteiger partial charge in [-0.2, -0.15) is 10.2 Å². The number of hydrogen-bond acceptors (Lipinski definition) is 8. The van der Waals surface area contributed by atoms with Gasteiger partial charge in [-0.25, -0.2) is 9.59 Å². The van der Waals surface area contributed by atoms with Gasteiger partial charge in [0.05, 0.1) is 69.9 Å². The van der Waals surface area contributed by atoms with Crippen LogP contribution in [-0.2, 0) is 22.6 Å². The smallest absolute Gasteiger partial charge is 0.338 e. The maximum atomic E-state index is 11.8. The molecule has 0 aliphatic heterocycles. The normalized spacial score (nSPS) is 10.6. The van der Waals surface area contributed by atoms with Gasteiger partial charge >= 0.3 is 11.9 Å². The van der Waals surface area contributed by atoms with E-state index < -0.39 is 0 Å². The van der Waals surface area contributed by atoms with Crippen molar-refractivity contribution in [3.8, 4) is 11.5 Å². The molecular formula is C34H32N4O6. The molecule has 6 aromatic rings. The average molecular weight is 593 g/mol. The number of nitrogens with zero attached hydrogens (tertiary/aromatic N) is 4. The molecule has 0 atom stereocenters. The van der Waals surface area contributed by atoms with E-state index in [0.29, 0.717) is 24.2 Å². The molecule has 0 saturated heterocycles. The Bertz CT molecular complexity index is 1870. The molecule has 0 aliphatic rings. The zero-order valence-corrected chi connectivity index (χ0v) is 24.9. The summed E-state index contributed by atoms with van der Waals surface area (Å²) < 4.78 is 23.6. The largest absolute Gasteiger partial charge is 0.497 e. The highest BCUT2D eigenvalue weighted by Crippen LogP contribution is 2.22. The summed E-state index contributed by atoms with van der Waals surface area (Å²) in [6, 6.07) is 26.6. The highest BCUT2D eigenvalue weighted by molar-refractivity contribution is 6.04. The summed E-state index contributed by atoms with van der Waals surface area (Å²) in [5.74, 6) is 0.939. The molecule has 0 fully saturated rings. The summed E-state index contributed by atoms with van der Waals surface area (Å²) in [5.41, 5.74) is 4.94. The maximum absolute atomic E-state index is 11.8. The van der Waals surface area contributed by atoms with Crippen LogP contribution in [0.15, 0.2) is 97.3 Å². The first-order chi connectivity index (χ1) is 21.4. The SMILES string of the molecule is COC(=O)c1cccc2c1cnn2Cc1ccc(OC)cc1.COC(=O)c1cccc2nn(Cc3ccc(OC)cc3)cc12. The molecule has 10 heteroatoms. The number of ether oxygens (including phenoxy) is 4. The van der Waals surface area contributed by atoms with Crippen LogP contribution in [0.4, 0.5) is 0 Å². The second kappa shape index (κ2) is 13.6. The van der Waals surface area contributed by atoms with Crippen LogP contribution in [0.3, 0.4) is 0 Å². The fourth-order valence-corrected chi connectivity index (χ4v) is 4.80. The third-order valence-electron chi connectivity index (χ3n) is 7.09. The average Bonchev–Trinajstić information content (AvgIpc) is 3.68. The lowest BCUT2D eigenvalue weighted by atomic mass is 10.1. The van der Waals surface area contributed by atoms with Crippen molar-refractivity contribution in [2.45, 2.75) is 13.1 Å². The lowest BCUT2D eigenvalue weighted by Gasteiger charge is -2.06. The van der Waals surface area contributed by atoms with E-state index in [1.165, 1.54) is 14.2 Å². The molecular weight excluding hydrogens is 560 g/mol. The molecule has 0 bridgehead atoms. The minimum Gasteiger partial charge on any atom is -0.497 e. The van der Waals surface area contributed by atoms with Gasteiger partial charge in [0.15, 0.2) is 0 Å². The second-order valence-corrected chi connectivity index (χ2v) is 9.78. The van der Waals surface area contributed by atoms with Crippen LogP contribution in [-0.4, -0.2) is 59.9 Å². The molecule has 0 spiro atoms. The Balaban J connectivity index is 0.000000175. The van der Waals surface area contributed by atoms with E-state index in [-0.39, 0.29) is 11.9 Å². The lowest BCUT2D eigenvalue weighted by molar-refractivity contribution is 0.0594. The number of methoxy groups -OCH3 is 4. The van der Waals surface area contributed by atoms with Crippen molar-refractivity contribution in [2.24, 2.45) is 0 Å². The molecule has 2 heterocycles. The summed E-state index contributed by atoms with van der Waals surface area (Å²) >= 11 is 0. The number of carbonyl (C=O) groups excluding carboxylic acids is 2. The van der Waals surface area contributed by atoms with Gasteiger partial charge in [0.1, 0.15) is 11.5 Å². The topological polar surface area (TPSA) is 107 Å². The predicted molar refractivity (Wildman–Crippen MR) is 166 cm³/mol. The number of aromatic nitrogens is 4. The van der Waals surface area contributed by atoms with Crippen molar-refractivity contribution in [3.63, 3.8) is 0 Å². The van der Waals surface area contributed by atoms with Gasteiger partial charge in [-0.05, 0) is 59.7 Å². The first-order valence-corrected chi connectivity index (χ1v) is 13.8. The zero-order valence-electron chi connectivity index (χ0n) is 24.9. The van der Waals surface area contributed by atoms with Crippen LogP contribution >= 0.6 is 0 Å². The van der Waals surface area contributed by atoms with Crippen LogP contribution in [0, 0.1) is 0 Å². The van der Waals surface area contributed by atoms with Gasteiger partial charge in [0, 0.05) is 17.0 Å². The summed E-state index contributed by atoms with van der Waals surface area (Å²) in [5, 5.41) is 10.5. The Labute approximate surface area is 254 Å². The van der Waals surface area contributed by atoms with E-state index in [1.807, 2.05) is 82.3 Å². The van der Waals surface area contributed by atoms with E-state index in [2.05, 4.69) is 10.2 Å². The lowest BCUT2D eigenvalue weighted by Crippen LogP contribution is -2.03. The van der Waals surface area contributed by atoms with Crippen molar-refractivity contribution in [3.05, 3.63) is 120 Å². The highest BCUT2D eigenvalue weighted by Gasteiger charge is 2.14. The van der Waals surface area contributed by atoms with Crippen LogP contribution in [0.1, 0.15) is 31.8 Å². The van der Waals surface area contributed by atoms with E-state index in [1.54, 1.807) is 38.6 Å². The van der Waals surface area contributed by atoms with E-state index in [4.69, 9.17) is 18.9 Å². The molecule has 0 amide bonds. The van der Waals surface area contributed by atoms with Crippen LogP contribution in [0.5, 0.6) is 11.5 Å². The number of carbonyl (C=O) groups is 2. The molecule has 224 valence electrons. The summed E-state index contributed by atoms with van der Waals surface area (Å²) in [6.45, 7) is 1.25. The second-order valence-electron chi connectivity index (χ2n) is 9.78. The monoisotopic (exact) mass is 592 g/mol. The molecule has 44 heavy (non-hydrogen) atoms. The molecule has 10 nitrogen and oxygen atoms in total. The number of benzene rings is 4. The minimum absolute atomic E-state index is 0.352. The maximum Gasteiger partial charge on any atom is 0.338 e. The molecule has 2 aromatic heterocycles. The first-order valence-electron chi connectivity index (χ1n) is 13.8. The number of fused-ring (bicyclic) bond motifs is 2. The van der Waals surface area contributed by atoms with Gasteiger partial charge in [-0.3, -0.25) is 9.36 Å². The fourth-order valence-electron chi connectivity index (χ4n) is 4.80. The number of hydrogen-bond donors (Lipinski definition) is 0. The summed E-state index contributed by atoms with van der Waals surface area (Å²) in [6.07, 6.45) is 3.57. The number of rotatable bonds is 8. The Morgan fingerprint density at radius 2 is 1.20 bits per heavy atom. The molecule has 6 rings (SSSR count).